The number of nitrogens with one attached hydrogen (secondary N) is 2. The van der Waals surface area contributed by atoms with Crippen molar-refractivity contribution in [3.63, 3.8) is 0 Å². The Labute approximate surface area is 190 Å². The lowest BCUT2D eigenvalue weighted by Gasteiger charge is -2.36. The minimum Gasteiger partial charge on any atom is -0.444 e. The molecule has 1 atom stereocenters. The first-order valence-electron chi connectivity index (χ1n) is 10.0. The molecule has 3 heterocycles. The summed E-state index contributed by atoms with van der Waals surface area (Å²) >= 11 is 3.31. The molecule has 1 aliphatic rings. The van der Waals surface area contributed by atoms with Gasteiger partial charge in [0, 0.05) is 25.3 Å². The van der Waals surface area contributed by atoms with Crippen LogP contribution in [0.5, 0.6) is 0 Å². The van der Waals surface area contributed by atoms with Gasteiger partial charge in [-0.05, 0) is 55.6 Å². The Morgan fingerprint density at radius 3 is 2.90 bits per heavy atom. The van der Waals surface area contributed by atoms with Crippen molar-refractivity contribution < 1.29 is 9.53 Å². The number of alkyl carbamates (subject to hydrolysis) is 1. The fraction of sp³-hybridized carbons (Fsp3) is 0.429. The van der Waals surface area contributed by atoms with Crippen LogP contribution in [0, 0.1) is 0 Å². The van der Waals surface area contributed by atoms with Gasteiger partial charge in [-0.3, -0.25) is 4.98 Å². The van der Waals surface area contributed by atoms with Gasteiger partial charge in [0.2, 0.25) is 0 Å². The predicted octanol–water partition coefficient (Wildman–Crippen LogP) is 3.79. The maximum atomic E-state index is 12.2. The molecule has 1 saturated heterocycles. The van der Waals surface area contributed by atoms with Crippen molar-refractivity contribution in [1.29, 1.82) is 0 Å². The van der Waals surface area contributed by atoms with E-state index in [0.29, 0.717) is 22.5 Å². The van der Waals surface area contributed by atoms with Crippen LogP contribution in [0.25, 0.3) is 5.70 Å². The lowest BCUT2D eigenvalue weighted by atomic mass is 10.0. The summed E-state index contributed by atoms with van der Waals surface area (Å²) in [5, 5.41) is 6.24. The van der Waals surface area contributed by atoms with E-state index >= 15 is 0 Å². The summed E-state index contributed by atoms with van der Waals surface area (Å²) in [6.45, 7) is 11.1. The molecule has 1 amide bonds. The highest BCUT2D eigenvalue weighted by Crippen LogP contribution is 2.30. The number of piperidine rings is 1. The van der Waals surface area contributed by atoms with E-state index in [-0.39, 0.29) is 11.9 Å². The molecule has 166 valence electrons. The van der Waals surface area contributed by atoms with Crippen LogP contribution in [-0.4, -0.2) is 45.8 Å². The first-order valence-corrected chi connectivity index (χ1v) is 10.8. The van der Waals surface area contributed by atoms with Gasteiger partial charge in [0.25, 0.3) is 0 Å². The second kappa shape index (κ2) is 9.51. The van der Waals surface area contributed by atoms with Crippen LogP contribution >= 0.6 is 15.9 Å². The van der Waals surface area contributed by atoms with E-state index in [4.69, 9.17) is 10.5 Å². The van der Waals surface area contributed by atoms with Gasteiger partial charge in [0.05, 0.1) is 29.5 Å². The van der Waals surface area contributed by atoms with Crippen LogP contribution in [0.1, 0.15) is 39.3 Å². The van der Waals surface area contributed by atoms with Crippen LogP contribution in [0.15, 0.2) is 35.8 Å². The fourth-order valence-corrected chi connectivity index (χ4v) is 3.65. The number of amides is 1. The van der Waals surface area contributed by atoms with E-state index in [1.165, 1.54) is 6.20 Å². The van der Waals surface area contributed by atoms with Gasteiger partial charge >= 0.3 is 6.09 Å². The standard InChI is InChI=1S/C21H28BrN7O2/c1-13(18-19(23)25-11-17(22)28-18)26-15-10-24-8-7-16(15)29-9-5-6-14(12-29)27-20(30)31-21(2,3)4/h7-8,10-11,14,26H,1,5-6,9,12H2,2-4H3,(H2,23,25)(H,27,30). The summed E-state index contributed by atoms with van der Waals surface area (Å²) in [7, 11) is 0. The van der Waals surface area contributed by atoms with Crippen molar-refractivity contribution in [2.24, 2.45) is 0 Å². The quantitative estimate of drug-likeness (QED) is 0.580. The Morgan fingerprint density at radius 2 is 2.16 bits per heavy atom. The largest absolute Gasteiger partial charge is 0.444 e. The molecule has 2 aromatic heterocycles. The van der Waals surface area contributed by atoms with Crippen molar-refractivity contribution in [1.82, 2.24) is 20.3 Å². The van der Waals surface area contributed by atoms with E-state index in [1.54, 1.807) is 12.4 Å². The summed E-state index contributed by atoms with van der Waals surface area (Å²) in [6.07, 6.45) is 6.43. The zero-order valence-corrected chi connectivity index (χ0v) is 19.6. The molecule has 0 spiro atoms. The summed E-state index contributed by atoms with van der Waals surface area (Å²) in [6, 6.07) is 1.92. The minimum absolute atomic E-state index is 0.0144. The van der Waals surface area contributed by atoms with Gasteiger partial charge < -0.3 is 26.0 Å². The third-order valence-electron chi connectivity index (χ3n) is 4.62. The SMILES string of the molecule is C=C(Nc1cnccc1N1CCCC(NC(=O)OC(C)(C)C)C1)c1nc(Br)cnc1N. The van der Waals surface area contributed by atoms with Crippen molar-refractivity contribution >= 4 is 44.9 Å². The summed E-state index contributed by atoms with van der Waals surface area (Å²) in [4.78, 5) is 27.1. The van der Waals surface area contributed by atoms with Gasteiger partial charge in [-0.2, -0.15) is 0 Å². The second-order valence-electron chi connectivity index (χ2n) is 8.35. The number of nitrogen functional groups attached to an aromatic ring is 1. The van der Waals surface area contributed by atoms with Gasteiger partial charge in [0.1, 0.15) is 15.9 Å². The number of carbonyl (C=O) groups is 1. The number of hydrogen-bond acceptors (Lipinski definition) is 8. The lowest BCUT2D eigenvalue weighted by molar-refractivity contribution is 0.0500. The molecule has 0 aromatic carbocycles. The van der Waals surface area contributed by atoms with Gasteiger partial charge in [-0.1, -0.05) is 6.58 Å². The molecule has 9 nitrogen and oxygen atoms in total. The number of ether oxygens (including phenoxy) is 1. The average molecular weight is 490 g/mol. The first kappa shape index (κ1) is 22.8. The van der Waals surface area contributed by atoms with Crippen molar-refractivity contribution in [3.05, 3.63) is 41.5 Å². The van der Waals surface area contributed by atoms with Crippen LogP contribution in [0.4, 0.5) is 22.0 Å². The molecule has 3 rings (SSSR count). The van der Waals surface area contributed by atoms with Gasteiger partial charge in [-0.25, -0.2) is 14.8 Å². The molecule has 1 aliphatic heterocycles. The van der Waals surface area contributed by atoms with E-state index < -0.39 is 11.7 Å². The summed E-state index contributed by atoms with van der Waals surface area (Å²) in [5.41, 5.74) is 8.13. The van der Waals surface area contributed by atoms with Crippen molar-refractivity contribution in [3.8, 4) is 0 Å². The zero-order valence-electron chi connectivity index (χ0n) is 18.0. The second-order valence-corrected chi connectivity index (χ2v) is 9.17. The predicted molar refractivity (Wildman–Crippen MR) is 126 cm³/mol. The lowest BCUT2D eigenvalue weighted by Crippen LogP contribution is -2.49. The van der Waals surface area contributed by atoms with Crippen LogP contribution in [-0.2, 0) is 4.74 Å². The average Bonchev–Trinajstić information content (AvgIpc) is 2.69. The number of nitrogens with zero attached hydrogens (tertiary/aromatic N) is 4. The molecule has 0 aliphatic carbocycles. The number of aromatic nitrogens is 3. The highest BCUT2D eigenvalue weighted by atomic mass is 79.9. The zero-order chi connectivity index (χ0) is 22.6. The molecule has 1 unspecified atom stereocenters. The first-order chi connectivity index (χ1) is 14.6. The molecule has 2 aromatic rings. The minimum atomic E-state index is -0.530. The molecule has 0 radical (unpaired) electrons. The van der Waals surface area contributed by atoms with Crippen molar-refractivity contribution in [2.45, 2.75) is 45.3 Å². The third-order valence-corrected chi connectivity index (χ3v) is 5.01. The topological polar surface area (TPSA) is 118 Å². The Kier molecular flexibility index (Phi) is 6.99. The third kappa shape index (κ3) is 6.30. The Morgan fingerprint density at radius 1 is 1.39 bits per heavy atom. The van der Waals surface area contributed by atoms with E-state index in [1.807, 2.05) is 26.8 Å². The molecule has 0 saturated carbocycles. The molecule has 10 heteroatoms. The molecule has 4 N–H and O–H groups in total. The number of anilines is 3. The molecule has 0 bridgehead atoms. The maximum absolute atomic E-state index is 12.2. The van der Waals surface area contributed by atoms with Crippen molar-refractivity contribution in [2.75, 3.05) is 29.0 Å². The normalized spacial score (nSPS) is 16.5. The Balaban J connectivity index is 1.73. The van der Waals surface area contributed by atoms with Crippen LogP contribution in [0.2, 0.25) is 0 Å². The number of pyridine rings is 1. The van der Waals surface area contributed by atoms with E-state index in [0.717, 1.165) is 30.8 Å². The number of halogens is 1. The van der Waals surface area contributed by atoms with Crippen LogP contribution < -0.4 is 21.3 Å². The molecular formula is C21H28BrN7O2. The summed E-state index contributed by atoms with van der Waals surface area (Å²) in [5.74, 6) is 0.283. The maximum Gasteiger partial charge on any atom is 0.407 e. The fourth-order valence-electron chi connectivity index (χ4n) is 3.37. The van der Waals surface area contributed by atoms with Gasteiger partial charge in [-0.15, -0.1) is 0 Å². The highest BCUT2D eigenvalue weighted by molar-refractivity contribution is 9.10. The number of rotatable bonds is 5. The van der Waals surface area contributed by atoms with Gasteiger partial charge in [0.15, 0.2) is 5.82 Å². The summed E-state index contributed by atoms with van der Waals surface area (Å²) < 4.78 is 5.96. The number of carbonyl (C=O) groups excluding carboxylic acids is 1. The Bertz CT molecular complexity index is 961. The molecule has 1 fully saturated rings. The van der Waals surface area contributed by atoms with Crippen LogP contribution in [0.3, 0.4) is 0 Å². The highest BCUT2D eigenvalue weighted by Gasteiger charge is 2.25. The molecule has 31 heavy (non-hydrogen) atoms. The molecular weight excluding hydrogens is 462 g/mol. The van der Waals surface area contributed by atoms with E-state index in [9.17, 15) is 4.79 Å². The number of nitrogens with two attached hydrogens (primary N) is 1. The smallest absolute Gasteiger partial charge is 0.407 e. The number of hydrogen-bond donors (Lipinski definition) is 3. The monoisotopic (exact) mass is 489 g/mol. The Hall–Kier alpha value is -2.88. The van der Waals surface area contributed by atoms with E-state index in [2.05, 4.69) is 53.0 Å².